The Bertz CT molecular complexity index is 585. The second-order valence-electron chi connectivity index (χ2n) is 5.06. The maximum atomic E-state index is 5.46. The van der Waals surface area contributed by atoms with Crippen molar-refractivity contribution in [3.63, 3.8) is 0 Å². The van der Waals surface area contributed by atoms with Crippen LogP contribution in [-0.4, -0.2) is 31.0 Å². The van der Waals surface area contributed by atoms with Crippen LogP contribution in [0.2, 0.25) is 0 Å². The summed E-state index contributed by atoms with van der Waals surface area (Å²) in [7, 11) is 1.70. The summed E-state index contributed by atoms with van der Waals surface area (Å²) in [5.41, 5.74) is 12.9. The monoisotopic (exact) mass is 290 g/mol. The predicted molar refractivity (Wildman–Crippen MR) is 84.6 cm³/mol. The van der Waals surface area contributed by atoms with Gasteiger partial charge in [-0.15, -0.1) is 0 Å². The minimum absolute atomic E-state index is 0.191. The first-order valence-electron chi connectivity index (χ1n) is 6.77. The van der Waals surface area contributed by atoms with Crippen molar-refractivity contribution in [2.45, 2.75) is 19.3 Å². The Labute approximate surface area is 123 Å². The molecule has 2 aliphatic heterocycles. The molecule has 0 saturated heterocycles. The van der Waals surface area contributed by atoms with Crippen molar-refractivity contribution in [3.8, 4) is 5.75 Å². The number of thiocarbonyl (C=S) groups is 1. The number of nitrogens with one attached hydrogen (secondary N) is 1. The molecule has 0 atom stereocenters. The van der Waals surface area contributed by atoms with Gasteiger partial charge in [-0.25, -0.2) is 0 Å². The van der Waals surface area contributed by atoms with E-state index in [1.807, 2.05) is 0 Å². The van der Waals surface area contributed by atoms with Gasteiger partial charge in [0.05, 0.1) is 12.8 Å². The van der Waals surface area contributed by atoms with Gasteiger partial charge in [-0.3, -0.25) is 5.43 Å². The summed E-state index contributed by atoms with van der Waals surface area (Å²) >= 11 is 4.82. The van der Waals surface area contributed by atoms with E-state index in [4.69, 9.17) is 22.7 Å². The highest BCUT2D eigenvalue weighted by Crippen LogP contribution is 2.38. The molecule has 0 aliphatic carbocycles. The Morgan fingerprint density at radius 2 is 2.25 bits per heavy atom. The summed E-state index contributed by atoms with van der Waals surface area (Å²) in [5, 5.41) is 4.54. The van der Waals surface area contributed by atoms with Crippen molar-refractivity contribution < 1.29 is 4.74 Å². The number of nitrogens with zero attached hydrogens (tertiary/aromatic N) is 2. The maximum absolute atomic E-state index is 5.46. The molecule has 0 amide bonds. The number of methoxy groups -OCH3 is 1. The first kappa shape index (κ1) is 13.2. The molecule has 0 unspecified atom stereocenters. The first-order valence-corrected chi connectivity index (χ1v) is 7.18. The molecule has 6 heteroatoms. The van der Waals surface area contributed by atoms with E-state index in [0.717, 1.165) is 43.0 Å². The lowest BCUT2D eigenvalue weighted by molar-refractivity contribution is 0.413. The normalized spacial score (nSPS) is 18.6. The number of anilines is 1. The van der Waals surface area contributed by atoms with Crippen LogP contribution >= 0.6 is 12.2 Å². The lowest BCUT2D eigenvalue weighted by Gasteiger charge is -2.37. The van der Waals surface area contributed by atoms with E-state index in [2.05, 4.69) is 27.6 Å². The van der Waals surface area contributed by atoms with Crippen LogP contribution < -0.4 is 20.8 Å². The van der Waals surface area contributed by atoms with Crippen molar-refractivity contribution in [1.82, 2.24) is 5.43 Å². The van der Waals surface area contributed by atoms with E-state index in [1.165, 1.54) is 17.7 Å². The Kier molecular flexibility index (Phi) is 3.48. The quantitative estimate of drug-likeness (QED) is 0.636. The van der Waals surface area contributed by atoms with E-state index in [1.54, 1.807) is 7.11 Å². The topological polar surface area (TPSA) is 62.9 Å². The van der Waals surface area contributed by atoms with Crippen LogP contribution in [0.25, 0.3) is 0 Å². The van der Waals surface area contributed by atoms with Gasteiger partial charge in [0.15, 0.2) is 5.11 Å². The zero-order valence-corrected chi connectivity index (χ0v) is 12.3. The third kappa shape index (κ3) is 2.31. The fraction of sp³-hybridized carbons (Fsp3) is 0.429. The minimum Gasteiger partial charge on any atom is -0.497 e. The third-order valence-electron chi connectivity index (χ3n) is 3.82. The molecule has 0 aromatic heterocycles. The van der Waals surface area contributed by atoms with E-state index in [-0.39, 0.29) is 5.11 Å². The van der Waals surface area contributed by atoms with Crippen molar-refractivity contribution >= 4 is 28.7 Å². The van der Waals surface area contributed by atoms with Crippen LogP contribution in [0.5, 0.6) is 5.75 Å². The summed E-state index contributed by atoms with van der Waals surface area (Å²) in [5.74, 6) is 0.880. The van der Waals surface area contributed by atoms with E-state index in [9.17, 15) is 0 Å². The standard InChI is InChI=1S/C14H18N4OS/c1-19-10-7-9-3-2-5-18-6-4-12(16-17-14(15)20)11(8-10)13(9)18/h7-8H,2-6H2,1H3,(H3,15,17,20)/b16-12-. The Hall–Kier alpha value is -1.82. The van der Waals surface area contributed by atoms with E-state index in [0.29, 0.717) is 0 Å². The molecule has 106 valence electrons. The SMILES string of the molecule is COc1cc2c3c(c1)/C(=N\NC(N)=S)CCN3CCC2. The zero-order valence-electron chi connectivity index (χ0n) is 11.5. The van der Waals surface area contributed by atoms with Crippen LogP contribution in [0.1, 0.15) is 24.0 Å². The molecular weight excluding hydrogens is 272 g/mol. The molecule has 3 rings (SSSR count). The highest BCUT2D eigenvalue weighted by molar-refractivity contribution is 7.80. The van der Waals surface area contributed by atoms with Gasteiger partial charge in [-0.05, 0) is 42.8 Å². The van der Waals surface area contributed by atoms with E-state index >= 15 is 0 Å². The van der Waals surface area contributed by atoms with Gasteiger partial charge < -0.3 is 15.4 Å². The highest BCUT2D eigenvalue weighted by Gasteiger charge is 2.28. The number of hydrogen-bond donors (Lipinski definition) is 2. The van der Waals surface area contributed by atoms with Crippen LogP contribution in [0.15, 0.2) is 17.2 Å². The van der Waals surface area contributed by atoms with Gasteiger partial charge in [0.1, 0.15) is 5.75 Å². The molecule has 5 nitrogen and oxygen atoms in total. The van der Waals surface area contributed by atoms with Gasteiger partial charge in [-0.2, -0.15) is 5.10 Å². The summed E-state index contributed by atoms with van der Waals surface area (Å²) in [6.07, 6.45) is 3.17. The maximum Gasteiger partial charge on any atom is 0.184 e. The second kappa shape index (κ2) is 5.28. The molecule has 20 heavy (non-hydrogen) atoms. The fourth-order valence-electron chi connectivity index (χ4n) is 2.98. The van der Waals surface area contributed by atoms with Gasteiger partial charge >= 0.3 is 0 Å². The molecule has 0 saturated carbocycles. The Morgan fingerprint density at radius 3 is 3.00 bits per heavy atom. The Balaban J connectivity index is 2.09. The summed E-state index contributed by atoms with van der Waals surface area (Å²) in [6.45, 7) is 2.10. The van der Waals surface area contributed by atoms with Crippen LogP contribution in [0.3, 0.4) is 0 Å². The predicted octanol–water partition coefficient (Wildman–Crippen LogP) is 1.39. The second-order valence-corrected chi connectivity index (χ2v) is 5.50. The third-order valence-corrected chi connectivity index (χ3v) is 3.91. The molecule has 1 aromatic carbocycles. The summed E-state index contributed by atoms with van der Waals surface area (Å²) in [6, 6.07) is 4.19. The molecule has 2 heterocycles. The van der Waals surface area contributed by atoms with Gasteiger partial charge in [0, 0.05) is 30.8 Å². The van der Waals surface area contributed by atoms with Crippen molar-refractivity contribution in [2.75, 3.05) is 25.1 Å². The zero-order chi connectivity index (χ0) is 14.1. The molecule has 0 fully saturated rings. The van der Waals surface area contributed by atoms with Gasteiger partial charge in [0.2, 0.25) is 0 Å². The van der Waals surface area contributed by atoms with Crippen molar-refractivity contribution in [1.29, 1.82) is 0 Å². The number of rotatable bonds is 2. The highest BCUT2D eigenvalue weighted by atomic mass is 32.1. The molecule has 0 bridgehead atoms. The van der Waals surface area contributed by atoms with Crippen molar-refractivity contribution in [3.05, 3.63) is 23.3 Å². The van der Waals surface area contributed by atoms with Crippen molar-refractivity contribution in [2.24, 2.45) is 10.8 Å². The Morgan fingerprint density at radius 1 is 1.40 bits per heavy atom. The molecule has 0 radical (unpaired) electrons. The van der Waals surface area contributed by atoms with Crippen LogP contribution in [0.4, 0.5) is 5.69 Å². The first-order chi connectivity index (χ1) is 9.69. The summed E-state index contributed by atoms with van der Waals surface area (Å²) in [4.78, 5) is 2.44. The summed E-state index contributed by atoms with van der Waals surface area (Å²) < 4.78 is 5.41. The van der Waals surface area contributed by atoms with Crippen LogP contribution in [-0.2, 0) is 6.42 Å². The number of benzene rings is 1. The molecule has 1 aromatic rings. The number of aryl methyl sites for hydroxylation is 1. The number of hydrazone groups is 1. The molecule has 2 aliphatic rings. The number of hydrogen-bond acceptors (Lipinski definition) is 4. The number of ether oxygens (including phenoxy) is 1. The van der Waals surface area contributed by atoms with Gasteiger partial charge in [0.25, 0.3) is 0 Å². The number of nitrogens with two attached hydrogens (primary N) is 1. The molecule has 0 spiro atoms. The lowest BCUT2D eigenvalue weighted by atomic mass is 9.90. The lowest BCUT2D eigenvalue weighted by Crippen LogP contribution is -2.37. The fourth-order valence-corrected chi connectivity index (χ4v) is 3.02. The smallest absolute Gasteiger partial charge is 0.184 e. The van der Waals surface area contributed by atoms with Gasteiger partial charge in [-0.1, -0.05) is 0 Å². The minimum atomic E-state index is 0.191. The molecular formula is C14H18N4OS. The van der Waals surface area contributed by atoms with Crippen LogP contribution in [0, 0.1) is 0 Å². The largest absolute Gasteiger partial charge is 0.497 e. The average Bonchev–Trinajstić information content (AvgIpc) is 2.46. The van der Waals surface area contributed by atoms with E-state index < -0.39 is 0 Å². The molecule has 3 N–H and O–H groups in total. The average molecular weight is 290 g/mol.